The van der Waals surface area contributed by atoms with Crippen molar-refractivity contribution in [1.82, 2.24) is 9.78 Å². The molecule has 2 rings (SSSR count). The molecule has 0 aliphatic heterocycles. The minimum Gasteiger partial charge on any atom is -0.296 e. The second-order valence-electron chi connectivity index (χ2n) is 3.18. The highest BCUT2D eigenvalue weighted by Crippen LogP contribution is 2.10. The number of benzene rings is 1. The first-order valence-corrected chi connectivity index (χ1v) is 4.89. The van der Waals surface area contributed by atoms with Crippen molar-refractivity contribution in [2.24, 2.45) is 0 Å². The smallest absolute Gasteiger partial charge is 0.170 e. The van der Waals surface area contributed by atoms with Crippen LogP contribution in [0.25, 0.3) is 0 Å². The summed E-state index contributed by atoms with van der Waals surface area (Å²) in [6.07, 6.45) is 2.51. The molecule has 0 radical (unpaired) electrons. The van der Waals surface area contributed by atoms with Crippen molar-refractivity contribution in [3.63, 3.8) is 0 Å². The molecule has 2 aromatic rings. The van der Waals surface area contributed by atoms with Crippen molar-refractivity contribution in [1.29, 1.82) is 0 Å². The Labute approximate surface area is 92.3 Å². The Hall–Kier alpha value is -1.61. The predicted molar refractivity (Wildman–Crippen MR) is 58.2 cm³/mol. The second kappa shape index (κ2) is 4.28. The van der Waals surface area contributed by atoms with Gasteiger partial charge in [0.2, 0.25) is 0 Å². The maximum absolute atomic E-state index is 10.4. The van der Waals surface area contributed by atoms with E-state index in [1.165, 1.54) is 0 Å². The van der Waals surface area contributed by atoms with Gasteiger partial charge in [0.25, 0.3) is 0 Å². The van der Waals surface area contributed by atoms with Crippen LogP contribution < -0.4 is 0 Å². The Morgan fingerprint density at radius 1 is 1.27 bits per heavy atom. The van der Waals surface area contributed by atoms with Gasteiger partial charge in [0.15, 0.2) is 6.29 Å². The van der Waals surface area contributed by atoms with Crippen molar-refractivity contribution >= 4 is 17.9 Å². The molecule has 0 saturated heterocycles. The van der Waals surface area contributed by atoms with Crippen LogP contribution in [0.3, 0.4) is 0 Å². The van der Waals surface area contributed by atoms with Gasteiger partial charge in [-0.1, -0.05) is 23.7 Å². The van der Waals surface area contributed by atoms with Gasteiger partial charge < -0.3 is 0 Å². The number of carbonyl (C=O) groups is 1. The van der Waals surface area contributed by atoms with Crippen LogP contribution in [-0.4, -0.2) is 16.1 Å². The number of nitrogens with zero attached hydrogens (tertiary/aromatic N) is 2. The quantitative estimate of drug-likeness (QED) is 0.745. The van der Waals surface area contributed by atoms with Gasteiger partial charge in [0.05, 0.1) is 6.54 Å². The van der Waals surface area contributed by atoms with E-state index in [4.69, 9.17) is 11.6 Å². The average molecular weight is 221 g/mol. The van der Waals surface area contributed by atoms with E-state index >= 15 is 0 Å². The number of halogens is 1. The van der Waals surface area contributed by atoms with E-state index in [2.05, 4.69) is 5.10 Å². The first-order chi connectivity index (χ1) is 7.28. The summed E-state index contributed by atoms with van der Waals surface area (Å²) in [4.78, 5) is 10.4. The molecular formula is C11H9ClN2O. The number of aldehydes is 1. The van der Waals surface area contributed by atoms with Crippen molar-refractivity contribution in [2.75, 3.05) is 0 Å². The lowest BCUT2D eigenvalue weighted by atomic mass is 10.2. The molecule has 0 bridgehead atoms. The first-order valence-electron chi connectivity index (χ1n) is 4.51. The van der Waals surface area contributed by atoms with E-state index < -0.39 is 0 Å². The van der Waals surface area contributed by atoms with Crippen LogP contribution in [0.4, 0.5) is 0 Å². The molecule has 0 saturated carbocycles. The van der Waals surface area contributed by atoms with Crippen LogP contribution in [-0.2, 0) is 6.54 Å². The van der Waals surface area contributed by atoms with E-state index in [9.17, 15) is 4.79 Å². The molecule has 0 N–H and O–H groups in total. The summed E-state index contributed by atoms with van der Waals surface area (Å²) in [5, 5.41) is 4.78. The maximum Gasteiger partial charge on any atom is 0.170 e. The minimum atomic E-state index is 0.448. The van der Waals surface area contributed by atoms with Crippen LogP contribution in [0.2, 0.25) is 5.02 Å². The molecule has 1 aromatic heterocycles. The molecule has 76 valence electrons. The van der Waals surface area contributed by atoms with E-state index in [-0.39, 0.29) is 0 Å². The van der Waals surface area contributed by atoms with Gasteiger partial charge in [-0.25, -0.2) is 0 Å². The maximum atomic E-state index is 10.4. The molecule has 0 aliphatic rings. The van der Waals surface area contributed by atoms with Gasteiger partial charge >= 0.3 is 0 Å². The Morgan fingerprint density at radius 2 is 2.00 bits per heavy atom. The number of rotatable bonds is 3. The fourth-order valence-corrected chi connectivity index (χ4v) is 1.43. The Balaban J connectivity index is 2.14. The molecule has 0 fully saturated rings. The Kier molecular flexibility index (Phi) is 2.83. The molecule has 1 heterocycles. The molecule has 0 atom stereocenters. The van der Waals surface area contributed by atoms with Gasteiger partial charge in [-0.2, -0.15) is 5.10 Å². The van der Waals surface area contributed by atoms with Gasteiger partial charge in [-0.3, -0.25) is 9.48 Å². The highest BCUT2D eigenvalue weighted by atomic mass is 35.5. The largest absolute Gasteiger partial charge is 0.296 e. The molecule has 1 aromatic carbocycles. The zero-order chi connectivity index (χ0) is 10.7. The van der Waals surface area contributed by atoms with Crippen LogP contribution in [0.1, 0.15) is 16.1 Å². The van der Waals surface area contributed by atoms with E-state index in [0.29, 0.717) is 17.3 Å². The highest BCUT2D eigenvalue weighted by Gasteiger charge is 1.98. The normalized spacial score (nSPS) is 10.2. The van der Waals surface area contributed by atoms with Crippen LogP contribution in [0, 0.1) is 0 Å². The Bertz CT molecular complexity index is 462. The number of hydrogen-bond donors (Lipinski definition) is 0. The van der Waals surface area contributed by atoms with Gasteiger partial charge in [0.1, 0.15) is 5.69 Å². The van der Waals surface area contributed by atoms with Gasteiger partial charge in [0, 0.05) is 11.2 Å². The van der Waals surface area contributed by atoms with Crippen molar-refractivity contribution in [2.45, 2.75) is 6.54 Å². The standard InChI is InChI=1S/C11H9ClN2O/c12-10-3-1-9(2-4-10)7-14-6-5-11(8-15)13-14/h1-6,8H,7H2. The molecule has 0 spiro atoms. The molecule has 3 nitrogen and oxygen atoms in total. The van der Waals surface area contributed by atoms with Crippen molar-refractivity contribution < 1.29 is 4.79 Å². The molecule has 15 heavy (non-hydrogen) atoms. The van der Waals surface area contributed by atoms with Crippen LogP contribution in [0.5, 0.6) is 0 Å². The second-order valence-corrected chi connectivity index (χ2v) is 3.62. The Morgan fingerprint density at radius 3 is 2.60 bits per heavy atom. The molecule has 0 aliphatic carbocycles. The lowest BCUT2D eigenvalue weighted by Crippen LogP contribution is -2.00. The van der Waals surface area contributed by atoms with E-state index in [1.807, 2.05) is 24.3 Å². The van der Waals surface area contributed by atoms with Crippen LogP contribution >= 0.6 is 11.6 Å². The molecule has 0 unspecified atom stereocenters. The molecule has 0 amide bonds. The van der Waals surface area contributed by atoms with Crippen molar-refractivity contribution in [3.05, 3.63) is 52.8 Å². The fraction of sp³-hybridized carbons (Fsp3) is 0.0909. The van der Waals surface area contributed by atoms with Gasteiger partial charge in [-0.05, 0) is 23.8 Å². The minimum absolute atomic E-state index is 0.448. The summed E-state index contributed by atoms with van der Waals surface area (Å²) < 4.78 is 1.72. The molecular weight excluding hydrogens is 212 g/mol. The summed E-state index contributed by atoms with van der Waals surface area (Å²) in [5.41, 5.74) is 1.55. The topological polar surface area (TPSA) is 34.9 Å². The lowest BCUT2D eigenvalue weighted by molar-refractivity contribution is 0.111. The summed E-state index contributed by atoms with van der Waals surface area (Å²) >= 11 is 5.77. The van der Waals surface area contributed by atoms with Crippen molar-refractivity contribution in [3.8, 4) is 0 Å². The van der Waals surface area contributed by atoms with Crippen LogP contribution in [0.15, 0.2) is 36.5 Å². The third-order valence-electron chi connectivity index (χ3n) is 2.04. The van der Waals surface area contributed by atoms with E-state index in [1.54, 1.807) is 16.9 Å². The first kappa shape index (κ1) is 9.93. The molecule has 4 heteroatoms. The summed E-state index contributed by atoms with van der Waals surface area (Å²) in [6, 6.07) is 9.22. The number of aromatic nitrogens is 2. The zero-order valence-corrected chi connectivity index (χ0v) is 8.69. The predicted octanol–water partition coefficient (Wildman–Crippen LogP) is 2.40. The van der Waals surface area contributed by atoms with E-state index in [0.717, 1.165) is 11.8 Å². The third-order valence-corrected chi connectivity index (χ3v) is 2.29. The fourth-order valence-electron chi connectivity index (χ4n) is 1.31. The number of carbonyl (C=O) groups excluding carboxylic acids is 1. The average Bonchev–Trinajstić information content (AvgIpc) is 2.69. The monoisotopic (exact) mass is 220 g/mol. The number of hydrogen-bond acceptors (Lipinski definition) is 2. The highest BCUT2D eigenvalue weighted by molar-refractivity contribution is 6.30. The lowest BCUT2D eigenvalue weighted by Gasteiger charge is -2.01. The SMILES string of the molecule is O=Cc1ccn(Cc2ccc(Cl)cc2)n1. The summed E-state index contributed by atoms with van der Waals surface area (Å²) in [6.45, 7) is 0.644. The third kappa shape index (κ3) is 2.44. The zero-order valence-electron chi connectivity index (χ0n) is 7.93. The summed E-state index contributed by atoms with van der Waals surface area (Å²) in [5.74, 6) is 0. The summed E-state index contributed by atoms with van der Waals surface area (Å²) in [7, 11) is 0. The van der Waals surface area contributed by atoms with Gasteiger partial charge in [-0.15, -0.1) is 0 Å².